The Bertz CT molecular complexity index is 1210. The van der Waals surface area contributed by atoms with Gasteiger partial charge < -0.3 is 15.0 Å². The quantitative estimate of drug-likeness (QED) is 0.414. The average molecular weight is 573 g/mol. The van der Waals surface area contributed by atoms with Gasteiger partial charge in [0.15, 0.2) is 0 Å². The first-order chi connectivity index (χ1) is 17.2. The summed E-state index contributed by atoms with van der Waals surface area (Å²) in [6.45, 7) is 8.86. The normalized spacial score (nSPS) is 12.5. The molecule has 2 aromatic carbocycles. The van der Waals surface area contributed by atoms with Gasteiger partial charge >= 0.3 is 0 Å². The molecule has 0 unspecified atom stereocenters. The lowest BCUT2D eigenvalue weighted by atomic mass is 10.1. The van der Waals surface area contributed by atoms with E-state index in [2.05, 4.69) is 5.32 Å². The van der Waals surface area contributed by atoms with Gasteiger partial charge in [-0.1, -0.05) is 48.3 Å². The van der Waals surface area contributed by atoms with Crippen molar-refractivity contribution in [1.29, 1.82) is 0 Å². The Morgan fingerprint density at radius 2 is 1.73 bits per heavy atom. The van der Waals surface area contributed by atoms with Gasteiger partial charge in [0.2, 0.25) is 21.8 Å². The van der Waals surface area contributed by atoms with Crippen LogP contribution in [0.5, 0.6) is 5.75 Å². The number of para-hydroxylation sites is 2. The van der Waals surface area contributed by atoms with Crippen LogP contribution in [0.15, 0.2) is 42.5 Å². The predicted octanol–water partition coefficient (Wildman–Crippen LogP) is 4.88. The Kier molecular flexibility index (Phi) is 10.7. The molecule has 1 atom stereocenters. The van der Waals surface area contributed by atoms with E-state index in [1.165, 1.54) is 4.90 Å². The summed E-state index contributed by atoms with van der Waals surface area (Å²) in [5, 5.41) is 3.68. The number of halogens is 2. The van der Waals surface area contributed by atoms with Gasteiger partial charge in [-0.25, -0.2) is 8.42 Å². The van der Waals surface area contributed by atoms with Crippen molar-refractivity contribution in [1.82, 2.24) is 10.2 Å². The van der Waals surface area contributed by atoms with Crippen LogP contribution in [0.25, 0.3) is 0 Å². The van der Waals surface area contributed by atoms with Gasteiger partial charge in [0, 0.05) is 22.1 Å². The molecule has 0 aliphatic carbocycles. The number of hydrogen-bond donors (Lipinski definition) is 1. The fourth-order valence-electron chi connectivity index (χ4n) is 3.74. The minimum Gasteiger partial charge on any atom is -0.492 e. The molecule has 0 spiro atoms. The van der Waals surface area contributed by atoms with E-state index in [1.807, 2.05) is 20.8 Å². The van der Waals surface area contributed by atoms with Crippen molar-refractivity contribution in [3.63, 3.8) is 0 Å². The van der Waals surface area contributed by atoms with Crippen LogP contribution in [0, 0.1) is 0 Å². The zero-order valence-electron chi connectivity index (χ0n) is 22.0. The minimum atomic E-state index is -3.89. The number of hydrogen-bond acceptors (Lipinski definition) is 5. The molecule has 2 rings (SSSR count). The minimum absolute atomic E-state index is 0.0182. The van der Waals surface area contributed by atoms with E-state index in [0.29, 0.717) is 34.4 Å². The van der Waals surface area contributed by atoms with Gasteiger partial charge in [-0.3, -0.25) is 13.9 Å². The summed E-state index contributed by atoms with van der Waals surface area (Å²) in [6.07, 6.45) is 1.32. The van der Waals surface area contributed by atoms with Crippen LogP contribution in [-0.4, -0.2) is 56.1 Å². The predicted molar refractivity (Wildman–Crippen MR) is 149 cm³/mol. The summed E-state index contributed by atoms with van der Waals surface area (Å²) in [5.41, 5.74) is 0.269. The molecular formula is C26H35Cl2N3O5S. The highest BCUT2D eigenvalue weighted by Gasteiger charge is 2.34. The number of carbonyl (C=O) groups is 2. The molecule has 204 valence electrons. The largest absolute Gasteiger partial charge is 0.492 e. The first kappa shape index (κ1) is 30.7. The lowest BCUT2D eigenvalue weighted by molar-refractivity contribution is -0.141. The van der Waals surface area contributed by atoms with Gasteiger partial charge in [0.1, 0.15) is 18.3 Å². The molecule has 0 radical (unpaired) electrons. The third kappa shape index (κ3) is 8.79. The summed E-state index contributed by atoms with van der Waals surface area (Å²) in [7, 11) is -3.89. The molecule has 0 aliphatic heterocycles. The molecule has 1 N–H and O–H groups in total. The van der Waals surface area contributed by atoms with E-state index in [4.69, 9.17) is 27.9 Å². The molecule has 0 aliphatic rings. The Morgan fingerprint density at radius 3 is 2.27 bits per heavy atom. The maximum Gasteiger partial charge on any atom is 0.244 e. The van der Waals surface area contributed by atoms with Crippen molar-refractivity contribution < 1.29 is 22.7 Å². The third-order valence-electron chi connectivity index (χ3n) is 5.35. The second-order valence-electron chi connectivity index (χ2n) is 9.59. The second kappa shape index (κ2) is 12.8. The first-order valence-corrected chi connectivity index (χ1v) is 14.5. The van der Waals surface area contributed by atoms with Crippen molar-refractivity contribution in [3.05, 3.63) is 58.1 Å². The number of nitrogens with zero attached hydrogens (tertiary/aromatic N) is 2. The fourth-order valence-corrected chi connectivity index (χ4v) is 5.06. The number of benzene rings is 2. The SMILES string of the molecule is CCOc1ccccc1N(CC(=O)N(Cc1ccc(Cl)cc1Cl)[C@H](CC)C(=O)NC(C)(C)C)S(C)(=O)=O. The summed E-state index contributed by atoms with van der Waals surface area (Å²) in [4.78, 5) is 28.4. The first-order valence-electron chi connectivity index (χ1n) is 11.9. The van der Waals surface area contributed by atoms with Crippen molar-refractivity contribution >= 4 is 50.7 Å². The monoisotopic (exact) mass is 571 g/mol. The Labute approximate surface area is 229 Å². The second-order valence-corrected chi connectivity index (χ2v) is 12.3. The molecule has 0 saturated heterocycles. The van der Waals surface area contributed by atoms with Crippen LogP contribution in [0.4, 0.5) is 5.69 Å². The molecule has 37 heavy (non-hydrogen) atoms. The van der Waals surface area contributed by atoms with Crippen LogP contribution in [0.2, 0.25) is 10.0 Å². The van der Waals surface area contributed by atoms with E-state index >= 15 is 0 Å². The topological polar surface area (TPSA) is 96.0 Å². The highest BCUT2D eigenvalue weighted by Crippen LogP contribution is 2.30. The number of sulfonamides is 1. The zero-order valence-corrected chi connectivity index (χ0v) is 24.4. The average Bonchev–Trinajstić information content (AvgIpc) is 2.77. The highest BCUT2D eigenvalue weighted by molar-refractivity contribution is 7.92. The Balaban J connectivity index is 2.54. The lowest BCUT2D eigenvalue weighted by Gasteiger charge is -2.34. The molecule has 8 nitrogen and oxygen atoms in total. The van der Waals surface area contributed by atoms with Crippen molar-refractivity contribution in [2.24, 2.45) is 0 Å². The molecular weight excluding hydrogens is 537 g/mol. The van der Waals surface area contributed by atoms with Crippen molar-refractivity contribution in [2.75, 3.05) is 23.7 Å². The van der Waals surface area contributed by atoms with E-state index in [1.54, 1.807) is 56.3 Å². The summed E-state index contributed by atoms with van der Waals surface area (Å²) >= 11 is 12.4. The highest BCUT2D eigenvalue weighted by atomic mass is 35.5. The molecule has 0 fully saturated rings. The van der Waals surface area contributed by atoms with Crippen LogP contribution < -0.4 is 14.4 Å². The van der Waals surface area contributed by atoms with Crippen molar-refractivity contribution in [2.45, 2.75) is 59.2 Å². The molecule has 2 aromatic rings. The zero-order chi connectivity index (χ0) is 28.0. The van der Waals surface area contributed by atoms with Gasteiger partial charge in [-0.2, -0.15) is 0 Å². The molecule has 0 bridgehead atoms. The van der Waals surface area contributed by atoms with Crippen molar-refractivity contribution in [3.8, 4) is 5.75 Å². The van der Waals surface area contributed by atoms with Gasteiger partial charge in [0.25, 0.3) is 0 Å². The molecule has 0 heterocycles. The smallest absolute Gasteiger partial charge is 0.244 e. The Morgan fingerprint density at radius 1 is 1.08 bits per heavy atom. The fraction of sp³-hybridized carbons (Fsp3) is 0.462. The van der Waals surface area contributed by atoms with E-state index in [-0.39, 0.29) is 18.1 Å². The number of rotatable bonds is 11. The molecule has 0 aromatic heterocycles. The van der Waals surface area contributed by atoms with Crippen LogP contribution in [-0.2, 0) is 26.2 Å². The number of carbonyl (C=O) groups excluding carboxylic acids is 2. The van der Waals surface area contributed by atoms with E-state index in [0.717, 1.165) is 10.6 Å². The maximum atomic E-state index is 13.8. The molecule has 11 heteroatoms. The summed E-state index contributed by atoms with van der Waals surface area (Å²) in [5.74, 6) is -0.597. The summed E-state index contributed by atoms with van der Waals surface area (Å²) < 4.78 is 32.3. The van der Waals surface area contributed by atoms with Gasteiger partial charge in [-0.15, -0.1) is 0 Å². The standard InChI is InChI=1S/C26H35Cl2N3O5S/c1-7-21(25(33)29-26(3,4)5)30(16-18-13-14-19(27)15-20(18)28)24(32)17-31(37(6,34)35)22-11-9-10-12-23(22)36-8-2/h9-15,21H,7-8,16-17H2,1-6H3,(H,29,33)/t21-/m1/s1. The number of anilines is 1. The molecule has 2 amide bonds. The number of ether oxygens (including phenoxy) is 1. The summed E-state index contributed by atoms with van der Waals surface area (Å²) in [6, 6.07) is 10.6. The van der Waals surface area contributed by atoms with E-state index < -0.39 is 34.1 Å². The van der Waals surface area contributed by atoms with Crippen LogP contribution >= 0.6 is 23.2 Å². The van der Waals surface area contributed by atoms with Crippen LogP contribution in [0.3, 0.4) is 0 Å². The number of amides is 2. The van der Waals surface area contributed by atoms with Crippen LogP contribution in [0.1, 0.15) is 46.6 Å². The number of nitrogens with one attached hydrogen (secondary N) is 1. The molecule has 0 saturated carbocycles. The maximum absolute atomic E-state index is 13.8. The van der Waals surface area contributed by atoms with Gasteiger partial charge in [0.05, 0.1) is 18.6 Å². The van der Waals surface area contributed by atoms with Gasteiger partial charge in [-0.05, 0) is 63.9 Å². The van der Waals surface area contributed by atoms with E-state index in [9.17, 15) is 18.0 Å². The Hall–Kier alpha value is -2.49. The lowest BCUT2D eigenvalue weighted by Crippen LogP contribution is -2.55. The third-order valence-corrected chi connectivity index (χ3v) is 7.07.